The zero-order valence-electron chi connectivity index (χ0n) is 13.1. The first kappa shape index (κ1) is 15.8. The van der Waals surface area contributed by atoms with Gasteiger partial charge in [-0.25, -0.2) is 0 Å². The molecule has 0 radical (unpaired) electrons. The summed E-state index contributed by atoms with van der Waals surface area (Å²) >= 11 is 0. The van der Waals surface area contributed by atoms with Crippen LogP contribution in [-0.2, 0) is 9.53 Å². The topological polar surface area (TPSA) is 52.3 Å². The molecule has 0 aliphatic heterocycles. The number of rotatable bonds is 8. The minimum atomic E-state index is -0.152. The van der Waals surface area contributed by atoms with E-state index in [1.54, 1.807) is 0 Å². The number of unbranched alkanes of at least 4 members (excludes halogenated alkanes) is 5. The van der Waals surface area contributed by atoms with Gasteiger partial charge >= 0.3 is 5.97 Å². The van der Waals surface area contributed by atoms with E-state index in [1.165, 1.54) is 25.7 Å². The Hall–Kier alpha value is -0.570. The second-order valence-electron chi connectivity index (χ2n) is 7.04. The largest absolute Gasteiger partial charge is 0.459 e. The van der Waals surface area contributed by atoms with Crippen molar-refractivity contribution in [3.05, 3.63) is 0 Å². The van der Waals surface area contributed by atoms with Crippen LogP contribution in [0.25, 0.3) is 0 Å². The lowest BCUT2D eigenvalue weighted by molar-refractivity contribution is -0.172. The molecule has 2 N–H and O–H groups in total. The molecule has 3 aliphatic carbocycles. The van der Waals surface area contributed by atoms with Crippen molar-refractivity contribution in [1.29, 1.82) is 0 Å². The summed E-state index contributed by atoms with van der Waals surface area (Å²) in [4.78, 5) is 12.0. The molecule has 0 spiro atoms. The molecule has 0 saturated heterocycles. The van der Waals surface area contributed by atoms with Crippen molar-refractivity contribution >= 4 is 5.97 Å². The lowest BCUT2D eigenvalue weighted by Gasteiger charge is -2.50. The van der Waals surface area contributed by atoms with Crippen LogP contribution < -0.4 is 5.73 Å². The fourth-order valence-corrected chi connectivity index (χ4v) is 3.68. The average Bonchev–Trinajstić information content (AvgIpc) is 2.44. The minimum absolute atomic E-state index is 0.0203. The van der Waals surface area contributed by atoms with Crippen molar-refractivity contribution in [3.8, 4) is 0 Å². The van der Waals surface area contributed by atoms with Gasteiger partial charge < -0.3 is 10.5 Å². The molecule has 0 atom stereocenters. The maximum atomic E-state index is 12.0. The second kappa shape index (κ2) is 6.93. The van der Waals surface area contributed by atoms with E-state index < -0.39 is 0 Å². The quantitative estimate of drug-likeness (QED) is 0.538. The van der Waals surface area contributed by atoms with Crippen molar-refractivity contribution in [1.82, 2.24) is 0 Å². The Labute approximate surface area is 123 Å². The highest BCUT2D eigenvalue weighted by molar-refractivity contribution is 5.70. The number of nitrogens with two attached hydrogens (primary N) is 1. The van der Waals surface area contributed by atoms with Crippen LogP contribution in [0.4, 0.5) is 0 Å². The van der Waals surface area contributed by atoms with Crippen molar-refractivity contribution in [2.45, 2.75) is 102 Å². The van der Waals surface area contributed by atoms with Gasteiger partial charge in [0.15, 0.2) is 0 Å². The Balaban J connectivity index is 1.62. The van der Waals surface area contributed by atoms with Gasteiger partial charge in [-0.05, 0) is 44.9 Å². The zero-order valence-corrected chi connectivity index (χ0v) is 13.1. The van der Waals surface area contributed by atoms with Gasteiger partial charge in [0.2, 0.25) is 0 Å². The van der Waals surface area contributed by atoms with Gasteiger partial charge in [0.1, 0.15) is 5.60 Å². The number of carbonyl (C=O) groups excluding carboxylic acids is 1. The third-order valence-electron chi connectivity index (χ3n) is 5.30. The van der Waals surface area contributed by atoms with Crippen LogP contribution in [0.3, 0.4) is 0 Å². The van der Waals surface area contributed by atoms with Gasteiger partial charge in [0.05, 0.1) is 0 Å². The van der Waals surface area contributed by atoms with Crippen molar-refractivity contribution in [2.24, 2.45) is 5.73 Å². The third kappa shape index (κ3) is 4.21. The highest BCUT2D eigenvalue weighted by Crippen LogP contribution is 2.47. The van der Waals surface area contributed by atoms with Gasteiger partial charge in [-0.15, -0.1) is 0 Å². The number of ether oxygens (including phenoxy) is 1. The smallest absolute Gasteiger partial charge is 0.306 e. The molecule has 116 valence electrons. The van der Waals surface area contributed by atoms with Gasteiger partial charge in [-0.2, -0.15) is 0 Å². The molecule has 0 unspecified atom stereocenters. The second-order valence-corrected chi connectivity index (χ2v) is 7.04. The van der Waals surface area contributed by atoms with Crippen molar-refractivity contribution in [3.63, 3.8) is 0 Å². The molecule has 3 heteroatoms. The van der Waals surface area contributed by atoms with Gasteiger partial charge in [-0.3, -0.25) is 4.79 Å². The minimum Gasteiger partial charge on any atom is -0.459 e. The van der Waals surface area contributed by atoms with Crippen LogP contribution in [-0.4, -0.2) is 17.1 Å². The summed E-state index contributed by atoms with van der Waals surface area (Å²) in [6.45, 7) is 2.22. The number of fused-ring (bicyclic) bond motifs is 3. The molecule has 3 rings (SSSR count). The summed E-state index contributed by atoms with van der Waals surface area (Å²) in [5, 5.41) is 0. The lowest BCUT2D eigenvalue weighted by Crippen LogP contribution is -2.56. The number of carbonyl (C=O) groups is 1. The number of hydrogen-bond acceptors (Lipinski definition) is 3. The standard InChI is InChI=1S/C17H31NO2/c1-2-3-4-5-6-7-8-15(19)20-17-12-9-16(18,10-13-17)11-14-17/h2-14,18H2,1H3. The molecule has 0 aromatic carbocycles. The van der Waals surface area contributed by atoms with Gasteiger partial charge in [-0.1, -0.05) is 39.0 Å². The van der Waals surface area contributed by atoms with Crippen LogP contribution in [0.5, 0.6) is 0 Å². The van der Waals surface area contributed by atoms with E-state index in [0.29, 0.717) is 6.42 Å². The molecule has 0 aromatic heterocycles. The molecule has 2 bridgehead atoms. The lowest BCUT2D eigenvalue weighted by atomic mass is 9.63. The summed E-state index contributed by atoms with van der Waals surface area (Å²) in [6.07, 6.45) is 13.9. The van der Waals surface area contributed by atoms with E-state index in [1.807, 2.05) is 0 Å². The van der Waals surface area contributed by atoms with Crippen molar-refractivity contribution < 1.29 is 9.53 Å². The molecule has 0 heterocycles. The SMILES string of the molecule is CCCCCCCCC(=O)OC12CCC(N)(CC1)CC2. The fraction of sp³-hybridized carbons (Fsp3) is 0.941. The van der Waals surface area contributed by atoms with E-state index in [9.17, 15) is 4.79 Å². The van der Waals surface area contributed by atoms with Crippen LogP contribution in [0, 0.1) is 0 Å². The predicted octanol–water partition coefficient (Wildman–Crippen LogP) is 4.08. The molecule has 0 aromatic rings. The van der Waals surface area contributed by atoms with E-state index >= 15 is 0 Å². The van der Waals surface area contributed by atoms with E-state index in [4.69, 9.17) is 10.5 Å². The Morgan fingerprint density at radius 1 is 0.950 bits per heavy atom. The molecular weight excluding hydrogens is 250 g/mol. The average molecular weight is 281 g/mol. The van der Waals surface area contributed by atoms with Crippen LogP contribution >= 0.6 is 0 Å². The maximum absolute atomic E-state index is 12.0. The molecule has 3 aliphatic rings. The summed E-state index contributed by atoms with van der Waals surface area (Å²) in [5.41, 5.74) is 6.18. The number of esters is 1. The fourth-order valence-electron chi connectivity index (χ4n) is 3.68. The summed E-state index contributed by atoms with van der Waals surface area (Å²) in [6, 6.07) is 0. The highest BCUT2D eigenvalue weighted by atomic mass is 16.6. The summed E-state index contributed by atoms with van der Waals surface area (Å²) < 4.78 is 5.84. The molecule has 0 amide bonds. The first-order valence-electron chi connectivity index (χ1n) is 8.58. The normalized spacial score (nSPS) is 32.3. The Morgan fingerprint density at radius 2 is 1.50 bits per heavy atom. The Bertz CT molecular complexity index is 302. The molecule has 20 heavy (non-hydrogen) atoms. The van der Waals surface area contributed by atoms with E-state index in [-0.39, 0.29) is 17.1 Å². The first-order chi connectivity index (χ1) is 9.58. The maximum Gasteiger partial charge on any atom is 0.306 e. The van der Waals surface area contributed by atoms with E-state index in [2.05, 4.69) is 6.92 Å². The molecule has 3 nitrogen and oxygen atoms in total. The van der Waals surface area contributed by atoms with Crippen LogP contribution in [0.15, 0.2) is 0 Å². The van der Waals surface area contributed by atoms with Gasteiger partial charge in [0, 0.05) is 12.0 Å². The van der Waals surface area contributed by atoms with E-state index in [0.717, 1.165) is 51.4 Å². The monoisotopic (exact) mass is 281 g/mol. The Kier molecular flexibility index (Phi) is 5.48. The third-order valence-corrected chi connectivity index (χ3v) is 5.30. The van der Waals surface area contributed by atoms with Crippen molar-refractivity contribution in [2.75, 3.05) is 0 Å². The summed E-state index contributed by atoms with van der Waals surface area (Å²) in [5.74, 6) is 0.0203. The van der Waals surface area contributed by atoms with Crippen LogP contribution in [0.2, 0.25) is 0 Å². The first-order valence-corrected chi connectivity index (χ1v) is 8.58. The molecule has 3 saturated carbocycles. The highest BCUT2D eigenvalue weighted by Gasteiger charge is 2.48. The molecule has 3 fully saturated rings. The van der Waals surface area contributed by atoms with Gasteiger partial charge in [0.25, 0.3) is 0 Å². The van der Waals surface area contributed by atoms with Crippen LogP contribution in [0.1, 0.15) is 90.4 Å². The Morgan fingerprint density at radius 3 is 2.10 bits per heavy atom. The zero-order chi connectivity index (χ0) is 14.5. The number of hydrogen-bond donors (Lipinski definition) is 1. The summed E-state index contributed by atoms with van der Waals surface area (Å²) in [7, 11) is 0. The predicted molar refractivity (Wildman–Crippen MR) is 81.4 cm³/mol. The molecular formula is C17H31NO2.